The largest absolute Gasteiger partial charge is 0.463 e. The summed E-state index contributed by atoms with van der Waals surface area (Å²) in [6.45, 7) is 3.05. The number of imide groups is 2. The van der Waals surface area contributed by atoms with Crippen LogP contribution in [0.2, 0.25) is 0 Å². The van der Waals surface area contributed by atoms with Crippen LogP contribution in [0.25, 0.3) is 0 Å². The molecule has 0 spiro atoms. The number of ether oxygens (including phenoxy) is 1. The fourth-order valence-electron chi connectivity index (χ4n) is 1.95. The van der Waals surface area contributed by atoms with Gasteiger partial charge in [-0.2, -0.15) is 0 Å². The van der Waals surface area contributed by atoms with Crippen molar-refractivity contribution in [1.29, 1.82) is 0 Å². The second kappa shape index (κ2) is 5.39. The van der Waals surface area contributed by atoms with Gasteiger partial charge in [0.2, 0.25) is 5.76 Å². The van der Waals surface area contributed by atoms with Crippen LogP contribution < -0.4 is 0 Å². The van der Waals surface area contributed by atoms with Crippen LogP contribution in [-0.4, -0.2) is 46.8 Å². The summed E-state index contributed by atoms with van der Waals surface area (Å²) in [5.41, 5.74) is 0. The maximum absolute atomic E-state index is 12.0. The number of rotatable bonds is 4. The molecule has 0 aliphatic carbocycles. The molecule has 0 unspecified atom stereocenters. The summed E-state index contributed by atoms with van der Waals surface area (Å²) in [7, 11) is 1.21. The third kappa shape index (κ3) is 2.51. The fourth-order valence-corrected chi connectivity index (χ4v) is 1.95. The van der Waals surface area contributed by atoms with Crippen molar-refractivity contribution in [2.45, 2.75) is 26.4 Å². The number of carbonyl (C=O) groups is 4. The summed E-state index contributed by atoms with van der Waals surface area (Å²) in [5.74, 6) is -2.28. The minimum Gasteiger partial charge on any atom is -0.463 e. The highest BCUT2D eigenvalue weighted by Crippen LogP contribution is 2.19. The van der Waals surface area contributed by atoms with Crippen molar-refractivity contribution in [1.82, 2.24) is 9.80 Å². The number of urea groups is 1. The summed E-state index contributed by atoms with van der Waals surface area (Å²) in [4.78, 5) is 48.5. The number of hydrogen-bond acceptors (Lipinski definition) is 6. The Balaban J connectivity index is 2.18. The van der Waals surface area contributed by atoms with Gasteiger partial charge in [0.1, 0.15) is 5.76 Å². The molecular weight excluding hydrogens is 280 g/mol. The number of carbonyl (C=O) groups excluding carboxylic acids is 4. The topological polar surface area (TPSA) is 97.1 Å². The van der Waals surface area contributed by atoms with Crippen LogP contribution in [0.1, 0.15) is 30.2 Å². The van der Waals surface area contributed by atoms with Gasteiger partial charge in [-0.1, -0.05) is 0 Å². The Morgan fingerprint density at radius 1 is 1.24 bits per heavy atom. The molecule has 1 aromatic rings. The smallest absolute Gasteiger partial charge is 0.373 e. The summed E-state index contributed by atoms with van der Waals surface area (Å²) < 4.78 is 9.66. The van der Waals surface area contributed by atoms with Crippen LogP contribution in [0.3, 0.4) is 0 Å². The lowest BCUT2D eigenvalue weighted by Gasteiger charge is -2.17. The Morgan fingerprint density at radius 2 is 1.90 bits per heavy atom. The summed E-state index contributed by atoms with van der Waals surface area (Å²) >= 11 is 0. The van der Waals surface area contributed by atoms with Crippen molar-refractivity contribution >= 4 is 23.8 Å². The van der Waals surface area contributed by atoms with E-state index in [2.05, 4.69) is 4.74 Å². The van der Waals surface area contributed by atoms with Crippen LogP contribution in [0, 0.1) is 0 Å². The van der Waals surface area contributed by atoms with E-state index in [-0.39, 0.29) is 18.1 Å². The Hall–Kier alpha value is -2.64. The van der Waals surface area contributed by atoms with Crippen molar-refractivity contribution in [3.05, 3.63) is 23.7 Å². The van der Waals surface area contributed by atoms with E-state index in [4.69, 9.17) is 4.42 Å². The molecule has 21 heavy (non-hydrogen) atoms. The van der Waals surface area contributed by atoms with Crippen LogP contribution in [0.5, 0.6) is 0 Å². The van der Waals surface area contributed by atoms with Gasteiger partial charge in [-0.25, -0.2) is 14.5 Å². The van der Waals surface area contributed by atoms with E-state index in [1.807, 2.05) is 0 Å². The maximum Gasteiger partial charge on any atom is 0.373 e. The van der Waals surface area contributed by atoms with Crippen LogP contribution >= 0.6 is 0 Å². The number of methoxy groups -OCH3 is 1. The highest BCUT2D eigenvalue weighted by molar-refractivity contribution is 6.44. The normalized spacial score (nSPS) is 15.3. The number of esters is 1. The van der Waals surface area contributed by atoms with E-state index in [9.17, 15) is 19.2 Å². The molecule has 1 aromatic heterocycles. The van der Waals surface area contributed by atoms with E-state index >= 15 is 0 Å². The van der Waals surface area contributed by atoms with E-state index in [1.54, 1.807) is 13.8 Å². The Bertz CT molecular complexity index is 618. The number of furan rings is 1. The van der Waals surface area contributed by atoms with Gasteiger partial charge in [0.15, 0.2) is 0 Å². The number of amides is 4. The van der Waals surface area contributed by atoms with Crippen LogP contribution in [0.15, 0.2) is 16.5 Å². The second-order valence-corrected chi connectivity index (χ2v) is 4.70. The Kier molecular flexibility index (Phi) is 3.79. The predicted molar refractivity (Wildman–Crippen MR) is 68.0 cm³/mol. The predicted octanol–water partition coefficient (Wildman–Crippen LogP) is 0.765. The maximum atomic E-state index is 12.0. The lowest BCUT2D eigenvalue weighted by Crippen LogP contribution is -2.37. The lowest BCUT2D eigenvalue weighted by molar-refractivity contribution is -0.144. The SMILES string of the molecule is COC(=O)c1ccc(CN2C(=O)C(=O)N(C(C)C)C2=O)o1. The van der Waals surface area contributed by atoms with Gasteiger partial charge in [-0.15, -0.1) is 0 Å². The van der Waals surface area contributed by atoms with Gasteiger partial charge in [-0.3, -0.25) is 14.5 Å². The van der Waals surface area contributed by atoms with E-state index in [0.717, 1.165) is 9.80 Å². The van der Waals surface area contributed by atoms with Gasteiger partial charge in [0, 0.05) is 6.04 Å². The van der Waals surface area contributed by atoms with Gasteiger partial charge < -0.3 is 9.15 Å². The molecule has 0 atom stereocenters. The van der Waals surface area contributed by atoms with E-state index in [0.29, 0.717) is 0 Å². The molecule has 0 radical (unpaired) electrons. The van der Waals surface area contributed by atoms with Crippen molar-refractivity contribution in [2.75, 3.05) is 7.11 Å². The first-order valence-electron chi connectivity index (χ1n) is 6.22. The molecule has 112 valence electrons. The highest BCUT2D eigenvalue weighted by Gasteiger charge is 2.45. The lowest BCUT2D eigenvalue weighted by atomic mass is 10.3. The van der Waals surface area contributed by atoms with Crippen molar-refractivity contribution in [3.8, 4) is 0 Å². The molecule has 8 heteroatoms. The van der Waals surface area contributed by atoms with Crippen molar-refractivity contribution < 1.29 is 28.3 Å². The minimum atomic E-state index is -0.912. The molecule has 4 amide bonds. The molecule has 2 heterocycles. The zero-order valence-electron chi connectivity index (χ0n) is 11.8. The Morgan fingerprint density at radius 3 is 2.43 bits per heavy atom. The highest BCUT2D eigenvalue weighted by atomic mass is 16.5. The number of nitrogens with zero attached hydrogens (tertiary/aromatic N) is 2. The van der Waals surface area contributed by atoms with Crippen molar-refractivity contribution in [3.63, 3.8) is 0 Å². The van der Waals surface area contributed by atoms with Gasteiger partial charge in [-0.05, 0) is 26.0 Å². The summed E-state index contributed by atoms with van der Waals surface area (Å²) in [6.07, 6.45) is 0. The molecule has 1 fully saturated rings. The molecule has 0 aromatic carbocycles. The molecule has 0 bridgehead atoms. The average Bonchev–Trinajstić information content (AvgIpc) is 2.98. The quantitative estimate of drug-likeness (QED) is 0.462. The van der Waals surface area contributed by atoms with Gasteiger partial charge in [0.25, 0.3) is 0 Å². The first kappa shape index (κ1) is 14.8. The third-order valence-electron chi connectivity index (χ3n) is 2.96. The van der Waals surface area contributed by atoms with Crippen LogP contribution in [-0.2, 0) is 20.9 Å². The van der Waals surface area contributed by atoms with E-state index < -0.39 is 29.9 Å². The third-order valence-corrected chi connectivity index (χ3v) is 2.96. The van der Waals surface area contributed by atoms with Gasteiger partial charge >= 0.3 is 23.8 Å². The van der Waals surface area contributed by atoms with Gasteiger partial charge in [0.05, 0.1) is 13.7 Å². The zero-order chi connectivity index (χ0) is 15.7. The number of hydrogen-bond donors (Lipinski definition) is 0. The summed E-state index contributed by atoms with van der Waals surface area (Å²) in [6, 6.07) is 1.70. The zero-order valence-corrected chi connectivity index (χ0v) is 11.8. The first-order valence-corrected chi connectivity index (χ1v) is 6.22. The Labute approximate surface area is 120 Å². The van der Waals surface area contributed by atoms with E-state index in [1.165, 1.54) is 19.2 Å². The fraction of sp³-hybridized carbons (Fsp3) is 0.385. The monoisotopic (exact) mass is 294 g/mol. The standard InChI is InChI=1S/C13H14N2O6/c1-7(2)15-11(17)10(16)14(13(15)19)6-8-4-5-9(21-8)12(18)20-3/h4-5,7H,6H2,1-3H3. The molecule has 1 saturated heterocycles. The molecule has 1 aliphatic rings. The van der Waals surface area contributed by atoms with Crippen LogP contribution in [0.4, 0.5) is 4.79 Å². The first-order chi connectivity index (χ1) is 9.86. The molecule has 0 N–H and O–H groups in total. The minimum absolute atomic E-state index is 0.0429. The molecule has 1 aliphatic heterocycles. The van der Waals surface area contributed by atoms with Crippen molar-refractivity contribution in [2.24, 2.45) is 0 Å². The summed E-state index contributed by atoms with van der Waals surface area (Å²) in [5, 5.41) is 0. The molecule has 2 rings (SSSR count). The molecular formula is C13H14N2O6. The average molecular weight is 294 g/mol. The molecule has 0 saturated carbocycles. The molecule has 8 nitrogen and oxygen atoms in total. The second-order valence-electron chi connectivity index (χ2n) is 4.70.